The molecule has 2 aliphatic rings. The van der Waals surface area contributed by atoms with Crippen LogP contribution in [0.3, 0.4) is 0 Å². The van der Waals surface area contributed by atoms with Gasteiger partial charge in [0.05, 0.1) is 17.2 Å². The summed E-state index contributed by atoms with van der Waals surface area (Å²) in [5.41, 5.74) is 7.86. The lowest BCUT2D eigenvalue weighted by molar-refractivity contribution is 0.0996. The fourth-order valence-electron chi connectivity index (χ4n) is 3.29. The molecule has 128 valence electrons. The maximum Gasteiger partial charge on any atom is 0.185 e. The number of benzene rings is 1. The number of nitrogens with two attached hydrogens (primary N) is 1. The van der Waals surface area contributed by atoms with E-state index in [1.807, 2.05) is 44.2 Å². The Balaban J connectivity index is 1.68. The monoisotopic (exact) mass is 353 g/mol. The molecule has 6 heteroatoms. The number of fused-ring (bicyclic) bond motifs is 2. The van der Waals surface area contributed by atoms with Gasteiger partial charge in [0.25, 0.3) is 0 Å². The molecule has 0 bridgehead atoms. The van der Waals surface area contributed by atoms with Gasteiger partial charge in [-0.1, -0.05) is 6.07 Å². The van der Waals surface area contributed by atoms with Crippen molar-refractivity contribution < 1.29 is 9.53 Å². The molecule has 25 heavy (non-hydrogen) atoms. The summed E-state index contributed by atoms with van der Waals surface area (Å²) in [5.74, 6) is 1.37. The Morgan fingerprint density at radius 3 is 2.80 bits per heavy atom. The third-order valence-electron chi connectivity index (χ3n) is 4.59. The average Bonchev–Trinajstić information content (AvgIpc) is 3.13. The van der Waals surface area contributed by atoms with Crippen molar-refractivity contribution in [2.75, 3.05) is 6.61 Å². The van der Waals surface area contributed by atoms with Crippen LogP contribution >= 0.6 is 11.3 Å². The SMILES string of the molecule is CC1=NC2(CCOc3ccc(CC(=O)c4ccc(C)s4)cc32)N=C1N. The molecule has 3 heterocycles. The van der Waals surface area contributed by atoms with Gasteiger partial charge in [-0.15, -0.1) is 11.3 Å². The number of nitrogens with zero attached hydrogens (tertiary/aromatic N) is 2. The molecule has 4 rings (SSSR count). The van der Waals surface area contributed by atoms with Gasteiger partial charge in [0, 0.05) is 23.3 Å². The number of thiophene rings is 1. The topological polar surface area (TPSA) is 77.0 Å². The van der Waals surface area contributed by atoms with Crippen molar-refractivity contribution in [3.05, 3.63) is 51.2 Å². The zero-order valence-corrected chi connectivity index (χ0v) is 15.0. The number of hydrogen-bond donors (Lipinski definition) is 1. The number of ketones is 1. The van der Waals surface area contributed by atoms with Crippen LogP contribution in [0.1, 0.15) is 39.0 Å². The maximum atomic E-state index is 12.5. The highest BCUT2D eigenvalue weighted by Gasteiger charge is 2.41. The highest BCUT2D eigenvalue weighted by molar-refractivity contribution is 7.14. The van der Waals surface area contributed by atoms with Gasteiger partial charge in [-0.3, -0.25) is 9.79 Å². The normalized spacial score (nSPS) is 21.5. The molecule has 1 aromatic carbocycles. The van der Waals surface area contributed by atoms with Crippen molar-refractivity contribution in [1.29, 1.82) is 0 Å². The van der Waals surface area contributed by atoms with E-state index < -0.39 is 5.66 Å². The van der Waals surface area contributed by atoms with Gasteiger partial charge in [0.1, 0.15) is 11.6 Å². The van der Waals surface area contributed by atoms with Crippen LogP contribution < -0.4 is 10.5 Å². The Morgan fingerprint density at radius 1 is 1.28 bits per heavy atom. The molecule has 1 unspecified atom stereocenters. The molecule has 0 aliphatic carbocycles. The molecule has 0 radical (unpaired) electrons. The predicted octanol–water partition coefficient (Wildman–Crippen LogP) is 3.25. The number of amidine groups is 1. The van der Waals surface area contributed by atoms with Crippen LogP contribution in [-0.2, 0) is 12.1 Å². The smallest absolute Gasteiger partial charge is 0.185 e. The minimum atomic E-state index is -0.694. The number of Topliss-reactive ketones (excluding diaryl/α,β-unsaturated/α-hetero) is 1. The Labute approximate surface area is 150 Å². The molecule has 1 aromatic heterocycles. The van der Waals surface area contributed by atoms with Crippen LogP contribution in [0, 0.1) is 6.92 Å². The van der Waals surface area contributed by atoms with Gasteiger partial charge in [0.15, 0.2) is 11.4 Å². The third kappa shape index (κ3) is 2.76. The zero-order valence-electron chi connectivity index (χ0n) is 14.2. The lowest BCUT2D eigenvalue weighted by Gasteiger charge is -2.31. The van der Waals surface area contributed by atoms with E-state index in [0.29, 0.717) is 25.3 Å². The fourth-order valence-corrected chi connectivity index (χ4v) is 4.10. The first-order valence-electron chi connectivity index (χ1n) is 8.25. The summed E-state index contributed by atoms with van der Waals surface area (Å²) < 4.78 is 5.77. The number of ether oxygens (including phenoxy) is 1. The molecule has 0 saturated heterocycles. The number of aryl methyl sites for hydroxylation is 1. The van der Waals surface area contributed by atoms with Gasteiger partial charge in [-0.05, 0) is 43.7 Å². The third-order valence-corrected chi connectivity index (χ3v) is 5.63. The van der Waals surface area contributed by atoms with E-state index in [1.54, 1.807) is 0 Å². The molecular formula is C19H19N3O2S. The summed E-state index contributed by atoms with van der Waals surface area (Å²) in [6.07, 6.45) is 1.00. The second-order valence-electron chi connectivity index (χ2n) is 6.45. The summed E-state index contributed by atoms with van der Waals surface area (Å²) in [7, 11) is 0. The minimum absolute atomic E-state index is 0.123. The highest BCUT2D eigenvalue weighted by Crippen LogP contribution is 2.43. The molecule has 2 aliphatic heterocycles. The number of aliphatic imine (C=N–C) groups is 2. The van der Waals surface area contributed by atoms with Crippen LogP contribution in [0.15, 0.2) is 40.3 Å². The highest BCUT2D eigenvalue weighted by atomic mass is 32.1. The molecule has 2 aromatic rings. The molecule has 0 saturated carbocycles. The fraction of sp³-hybridized carbons (Fsp3) is 0.316. The zero-order chi connectivity index (χ0) is 17.6. The minimum Gasteiger partial charge on any atom is -0.493 e. The van der Waals surface area contributed by atoms with Crippen LogP contribution in [0.25, 0.3) is 0 Å². The lowest BCUT2D eigenvalue weighted by atomic mass is 9.91. The number of carbonyl (C=O) groups excluding carboxylic acids is 1. The first kappa shape index (κ1) is 16.0. The van der Waals surface area contributed by atoms with E-state index in [0.717, 1.165) is 32.3 Å². The van der Waals surface area contributed by atoms with Crippen molar-refractivity contribution in [3.63, 3.8) is 0 Å². The van der Waals surface area contributed by atoms with Crippen LogP contribution in [0.4, 0.5) is 0 Å². The van der Waals surface area contributed by atoms with Gasteiger partial charge in [-0.2, -0.15) is 0 Å². The van der Waals surface area contributed by atoms with E-state index in [1.165, 1.54) is 11.3 Å². The molecule has 1 spiro atoms. The largest absolute Gasteiger partial charge is 0.493 e. The Morgan fingerprint density at radius 2 is 2.12 bits per heavy atom. The van der Waals surface area contributed by atoms with Crippen molar-refractivity contribution in [3.8, 4) is 5.75 Å². The van der Waals surface area contributed by atoms with Gasteiger partial charge >= 0.3 is 0 Å². The summed E-state index contributed by atoms with van der Waals surface area (Å²) >= 11 is 1.53. The van der Waals surface area contributed by atoms with Crippen LogP contribution in [-0.4, -0.2) is 23.9 Å². The van der Waals surface area contributed by atoms with Gasteiger partial charge < -0.3 is 10.5 Å². The molecule has 0 amide bonds. The summed E-state index contributed by atoms with van der Waals surface area (Å²) in [4.78, 5) is 23.8. The lowest BCUT2D eigenvalue weighted by Crippen LogP contribution is -2.28. The molecule has 2 N–H and O–H groups in total. The van der Waals surface area contributed by atoms with Crippen molar-refractivity contribution >= 4 is 28.7 Å². The molecule has 0 fully saturated rings. The Bertz CT molecular complexity index is 909. The van der Waals surface area contributed by atoms with Gasteiger partial charge in [-0.25, -0.2) is 4.99 Å². The van der Waals surface area contributed by atoms with Crippen LogP contribution in [0.5, 0.6) is 5.75 Å². The van der Waals surface area contributed by atoms with Crippen molar-refractivity contribution in [2.45, 2.75) is 32.4 Å². The van der Waals surface area contributed by atoms with E-state index in [2.05, 4.69) is 4.99 Å². The average molecular weight is 353 g/mol. The first-order chi connectivity index (χ1) is 12.0. The van der Waals surface area contributed by atoms with E-state index in [-0.39, 0.29) is 5.78 Å². The standard InChI is InChI=1S/C19H19N3O2S/c1-11-3-6-17(25-11)15(23)10-13-4-5-16-14(9-13)19(7-8-24-16)21-12(2)18(20)22-19/h3-6,9H,7-8,10H2,1-2H3,(H2,20,22). The second-order valence-corrected chi connectivity index (χ2v) is 7.74. The number of hydrogen-bond acceptors (Lipinski definition) is 6. The van der Waals surface area contributed by atoms with E-state index in [4.69, 9.17) is 15.5 Å². The van der Waals surface area contributed by atoms with Crippen LogP contribution in [0.2, 0.25) is 0 Å². The van der Waals surface area contributed by atoms with Crippen molar-refractivity contribution in [1.82, 2.24) is 0 Å². The molecule has 5 nitrogen and oxygen atoms in total. The van der Waals surface area contributed by atoms with Gasteiger partial charge in [0.2, 0.25) is 0 Å². The summed E-state index contributed by atoms with van der Waals surface area (Å²) in [5, 5.41) is 0. The van der Waals surface area contributed by atoms with E-state index >= 15 is 0 Å². The summed E-state index contributed by atoms with van der Waals surface area (Å²) in [6.45, 7) is 4.42. The number of carbonyl (C=O) groups is 1. The second kappa shape index (κ2) is 5.81. The predicted molar refractivity (Wildman–Crippen MR) is 100 cm³/mol. The first-order valence-corrected chi connectivity index (χ1v) is 9.06. The number of rotatable bonds is 3. The molecular weight excluding hydrogens is 334 g/mol. The Hall–Kier alpha value is -2.47. The maximum absolute atomic E-state index is 12.5. The quantitative estimate of drug-likeness (QED) is 0.861. The molecule has 1 atom stereocenters. The Kier molecular flexibility index (Phi) is 3.72. The summed E-state index contributed by atoms with van der Waals surface area (Å²) in [6, 6.07) is 9.70. The van der Waals surface area contributed by atoms with E-state index in [9.17, 15) is 4.79 Å². The van der Waals surface area contributed by atoms with Crippen molar-refractivity contribution in [2.24, 2.45) is 15.7 Å².